The highest BCUT2D eigenvalue weighted by molar-refractivity contribution is 6.32. The highest BCUT2D eigenvalue weighted by atomic mass is 35.5. The minimum Gasteiger partial charge on any atom is -0.493 e. The third-order valence-electron chi connectivity index (χ3n) is 10.4. The number of aryl methyl sites for hydroxylation is 2. The van der Waals surface area contributed by atoms with Crippen LogP contribution in [0.1, 0.15) is 82.4 Å². The van der Waals surface area contributed by atoms with Gasteiger partial charge < -0.3 is 23.7 Å². The van der Waals surface area contributed by atoms with Gasteiger partial charge in [-0.15, -0.1) is 0 Å². The predicted molar refractivity (Wildman–Crippen MR) is 213 cm³/mol. The number of esters is 1. The molecule has 6 rings (SSSR count). The first-order valence-electron chi connectivity index (χ1n) is 19.4. The SMILES string of the molecule is Cc1c(Cl)ccc2c(CCCOc3cccc4cc(F)ccc34)c(C(=O)OC(C)(C)C)n(CCN3CCN(C4CCN(C(=O)OC(C)(C)C)CC4)CC3)c12. The molecule has 0 bridgehead atoms. The van der Waals surface area contributed by atoms with Gasteiger partial charge in [-0.05, 0) is 121 Å². The highest BCUT2D eigenvalue weighted by Crippen LogP contribution is 2.35. The van der Waals surface area contributed by atoms with Crippen molar-refractivity contribution in [2.45, 2.75) is 97.9 Å². The first kappa shape index (κ1) is 39.8. The van der Waals surface area contributed by atoms with Gasteiger partial charge in [-0.1, -0.05) is 29.8 Å². The molecule has 1 amide bonds. The first-order chi connectivity index (χ1) is 25.6. The molecule has 2 fully saturated rings. The lowest BCUT2D eigenvalue weighted by Crippen LogP contribution is -2.54. The Balaban J connectivity index is 1.15. The molecule has 1 aromatic heterocycles. The molecule has 0 spiro atoms. The van der Waals surface area contributed by atoms with Crippen LogP contribution in [0.5, 0.6) is 5.75 Å². The Hall–Kier alpha value is -3.86. The van der Waals surface area contributed by atoms with Crippen molar-refractivity contribution in [1.29, 1.82) is 0 Å². The number of piperazine rings is 1. The Morgan fingerprint density at radius 2 is 1.54 bits per heavy atom. The van der Waals surface area contributed by atoms with Crippen molar-refractivity contribution in [3.8, 4) is 5.75 Å². The fourth-order valence-electron chi connectivity index (χ4n) is 7.82. The van der Waals surface area contributed by atoms with Crippen LogP contribution in [0.25, 0.3) is 21.7 Å². The summed E-state index contributed by atoms with van der Waals surface area (Å²) in [6, 6.07) is 14.7. The van der Waals surface area contributed by atoms with Gasteiger partial charge in [0.1, 0.15) is 28.5 Å². The normalized spacial score (nSPS) is 16.6. The number of aromatic nitrogens is 1. The smallest absolute Gasteiger partial charge is 0.410 e. The maximum Gasteiger partial charge on any atom is 0.410 e. The number of carbonyl (C=O) groups excluding carboxylic acids is 2. The fourth-order valence-corrected chi connectivity index (χ4v) is 7.97. The van der Waals surface area contributed by atoms with E-state index in [0.717, 1.165) is 78.4 Å². The molecule has 2 saturated heterocycles. The van der Waals surface area contributed by atoms with E-state index in [9.17, 15) is 14.0 Å². The van der Waals surface area contributed by atoms with Crippen LogP contribution in [0.2, 0.25) is 5.02 Å². The van der Waals surface area contributed by atoms with Crippen molar-refractivity contribution < 1.29 is 28.2 Å². The summed E-state index contributed by atoms with van der Waals surface area (Å²) in [6.07, 6.45) is 2.94. The number of benzene rings is 3. The van der Waals surface area contributed by atoms with Gasteiger partial charge >= 0.3 is 12.1 Å². The van der Waals surface area contributed by atoms with Crippen LogP contribution in [0.4, 0.5) is 9.18 Å². The van der Waals surface area contributed by atoms with Gasteiger partial charge in [-0.25, -0.2) is 14.0 Å². The Labute approximate surface area is 324 Å². The van der Waals surface area contributed by atoms with Gasteiger partial charge in [0.25, 0.3) is 0 Å². The topological polar surface area (TPSA) is 76.5 Å². The summed E-state index contributed by atoms with van der Waals surface area (Å²) in [5, 5.41) is 3.31. The number of hydrogen-bond donors (Lipinski definition) is 0. The molecule has 0 radical (unpaired) electrons. The number of amides is 1. The van der Waals surface area contributed by atoms with Gasteiger partial charge in [-0.2, -0.15) is 0 Å². The monoisotopic (exact) mass is 762 g/mol. The second-order valence-corrected chi connectivity index (χ2v) is 17.1. The van der Waals surface area contributed by atoms with E-state index < -0.39 is 11.2 Å². The van der Waals surface area contributed by atoms with Gasteiger partial charge in [0.15, 0.2) is 0 Å². The Morgan fingerprint density at radius 1 is 0.852 bits per heavy atom. The summed E-state index contributed by atoms with van der Waals surface area (Å²) >= 11 is 6.73. The van der Waals surface area contributed by atoms with Gasteiger partial charge in [0.2, 0.25) is 0 Å². The van der Waals surface area contributed by atoms with Gasteiger partial charge in [0.05, 0.1) is 12.1 Å². The summed E-state index contributed by atoms with van der Waals surface area (Å²) in [6.45, 7) is 20.4. The van der Waals surface area contributed by atoms with E-state index in [1.165, 1.54) is 12.1 Å². The maximum absolute atomic E-state index is 14.1. The number of halogens is 2. The molecule has 0 atom stereocenters. The molecule has 3 heterocycles. The van der Waals surface area contributed by atoms with E-state index in [1.54, 1.807) is 6.07 Å². The van der Waals surface area contributed by atoms with Crippen molar-refractivity contribution in [1.82, 2.24) is 19.3 Å². The van der Waals surface area contributed by atoms with E-state index in [-0.39, 0.29) is 17.9 Å². The van der Waals surface area contributed by atoms with Crippen LogP contribution >= 0.6 is 11.6 Å². The molecular weight excluding hydrogens is 707 g/mol. The third-order valence-corrected chi connectivity index (χ3v) is 10.8. The minimum absolute atomic E-state index is 0.221. The molecular formula is C43H56ClFN4O5. The van der Waals surface area contributed by atoms with Crippen molar-refractivity contribution in [2.75, 3.05) is 52.4 Å². The lowest BCUT2D eigenvalue weighted by Gasteiger charge is -2.43. The Bertz CT molecular complexity index is 1970. The zero-order chi connectivity index (χ0) is 38.8. The van der Waals surface area contributed by atoms with Crippen LogP contribution in [-0.4, -0.2) is 101 Å². The summed E-state index contributed by atoms with van der Waals surface area (Å²) in [5.74, 6) is 0.0809. The number of rotatable bonds is 10. The molecule has 11 heteroatoms. The molecule has 292 valence electrons. The van der Waals surface area contributed by atoms with Crippen LogP contribution in [-0.2, 0) is 22.4 Å². The third kappa shape index (κ3) is 9.50. The molecule has 0 saturated carbocycles. The van der Waals surface area contributed by atoms with Gasteiger partial charge in [0, 0.05) is 74.2 Å². The molecule has 0 aliphatic carbocycles. The largest absolute Gasteiger partial charge is 0.493 e. The summed E-state index contributed by atoms with van der Waals surface area (Å²) in [4.78, 5) is 33.6. The van der Waals surface area contributed by atoms with Gasteiger partial charge in [-0.3, -0.25) is 9.80 Å². The Kier molecular flexibility index (Phi) is 12.1. The van der Waals surface area contributed by atoms with Crippen LogP contribution in [0.15, 0.2) is 48.5 Å². The number of piperidine rings is 1. The molecule has 2 aliphatic rings. The molecule has 54 heavy (non-hydrogen) atoms. The highest BCUT2D eigenvalue weighted by Gasteiger charge is 2.32. The average molecular weight is 763 g/mol. The number of hydrogen-bond acceptors (Lipinski definition) is 7. The molecule has 0 N–H and O–H groups in total. The molecule has 9 nitrogen and oxygen atoms in total. The van der Waals surface area contributed by atoms with Crippen LogP contribution in [0, 0.1) is 12.7 Å². The van der Waals surface area contributed by atoms with Crippen molar-refractivity contribution in [3.63, 3.8) is 0 Å². The molecule has 3 aromatic carbocycles. The van der Waals surface area contributed by atoms with E-state index >= 15 is 0 Å². The van der Waals surface area contributed by atoms with Crippen LogP contribution in [0.3, 0.4) is 0 Å². The summed E-state index contributed by atoms with van der Waals surface area (Å²) in [5.41, 5.74) is 2.25. The average Bonchev–Trinajstić information content (AvgIpc) is 3.43. The second kappa shape index (κ2) is 16.5. The van der Waals surface area contributed by atoms with E-state index in [2.05, 4.69) is 14.4 Å². The molecule has 4 aromatic rings. The maximum atomic E-state index is 14.1. The van der Waals surface area contributed by atoms with Crippen molar-refractivity contribution in [3.05, 3.63) is 76.2 Å². The number of ether oxygens (including phenoxy) is 3. The standard InChI is InChI=1S/C43H56ClFN4O5/c1-29-36(44)16-15-35-34(11-9-27-52-37-12-8-10-30-28-31(45)13-14-33(30)37)39(40(50)53-42(2,3)4)49(38(29)35)26-23-46-21-24-47(25-22-46)32-17-19-48(20-18-32)41(51)54-43(5,6)7/h8,10,12-16,28,32H,9,11,17-27H2,1-7H3. The zero-order valence-electron chi connectivity index (χ0n) is 33.0. The molecule has 2 aliphatic heterocycles. The number of nitrogens with zero attached hydrogens (tertiary/aromatic N) is 4. The Morgan fingerprint density at radius 3 is 2.22 bits per heavy atom. The number of likely N-dealkylation sites (tertiary alicyclic amines) is 1. The summed E-state index contributed by atoms with van der Waals surface area (Å²) in [7, 11) is 0. The number of fused-ring (bicyclic) bond motifs is 2. The minimum atomic E-state index is -0.668. The van der Waals surface area contributed by atoms with Crippen molar-refractivity contribution >= 4 is 45.3 Å². The lowest BCUT2D eigenvalue weighted by atomic mass is 10.0. The van der Waals surface area contributed by atoms with E-state index in [0.29, 0.717) is 61.6 Å². The fraction of sp³-hybridized carbons (Fsp3) is 0.535. The van der Waals surface area contributed by atoms with E-state index in [4.69, 9.17) is 25.8 Å². The quantitative estimate of drug-likeness (QED) is 0.118. The van der Waals surface area contributed by atoms with Crippen molar-refractivity contribution in [2.24, 2.45) is 0 Å². The predicted octanol–water partition coefficient (Wildman–Crippen LogP) is 8.88. The van der Waals surface area contributed by atoms with Crippen LogP contribution < -0.4 is 4.74 Å². The molecule has 0 unspecified atom stereocenters. The van der Waals surface area contributed by atoms with E-state index in [1.807, 2.05) is 83.7 Å². The second-order valence-electron chi connectivity index (χ2n) is 16.7. The number of carbonyl (C=O) groups is 2. The zero-order valence-corrected chi connectivity index (χ0v) is 33.7. The summed E-state index contributed by atoms with van der Waals surface area (Å²) < 4.78 is 33.9. The lowest BCUT2D eigenvalue weighted by molar-refractivity contribution is 0.00489. The first-order valence-corrected chi connectivity index (χ1v) is 19.7.